The Bertz CT molecular complexity index is 419. The molecule has 0 spiro atoms. The monoisotopic (exact) mass is 325 g/mol. The number of hydrogen-bond donors (Lipinski definition) is 1. The van der Waals surface area contributed by atoms with Gasteiger partial charge in [-0.2, -0.15) is 0 Å². The summed E-state index contributed by atoms with van der Waals surface area (Å²) in [4.78, 5) is 12.6. The maximum Gasteiger partial charge on any atom is 0.251 e. The van der Waals surface area contributed by atoms with Gasteiger partial charge in [0.05, 0.1) is 6.61 Å². The third kappa shape index (κ3) is 3.96. The Labute approximate surface area is 122 Å². The second-order valence-electron chi connectivity index (χ2n) is 4.84. The molecule has 4 heteroatoms. The Hall–Kier alpha value is -1.03. The number of ether oxygens (including phenoxy) is 1. The Kier molecular flexibility index (Phi) is 5.25. The summed E-state index contributed by atoms with van der Waals surface area (Å²) < 4.78 is 5.37. The molecule has 1 N–H and O–H groups in total. The van der Waals surface area contributed by atoms with Crippen molar-refractivity contribution in [1.29, 1.82) is 0 Å². The Morgan fingerprint density at radius 1 is 1.32 bits per heavy atom. The maximum absolute atomic E-state index is 12.2. The van der Waals surface area contributed by atoms with Gasteiger partial charge in [0, 0.05) is 16.4 Å². The van der Waals surface area contributed by atoms with E-state index in [9.17, 15) is 4.79 Å². The molecule has 1 aliphatic carbocycles. The van der Waals surface area contributed by atoms with Crippen LogP contribution < -0.4 is 10.1 Å². The molecule has 1 aliphatic rings. The van der Waals surface area contributed by atoms with Crippen LogP contribution in [0.3, 0.4) is 0 Å². The van der Waals surface area contributed by atoms with Crippen molar-refractivity contribution in [3.8, 4) is 5.75 Å². The number of rotatable bonds is 4. The van der Waals surface area contributed by atoms with Gasteiger partial charge in [0.1, 0.15) is 5.75 Å². The van der Waals surface area contributed by atoms with Gasteiger partial charge in [-0.15, -0.1) is 0 Å². The van der Waals surface area contributed by atoms with E-state index in [1.54, 1.807) is 0 Å². The van der Waals surface area contributed by atoms with E-state index in [4.69, 9.17) is 4.74 Å². The van der Waals surface area contributed by atoms with Gasteiger partial charge < -0.3 is 10.1 Å². The molecule has 1 aromatic rings. The predicted molar refractivity (Wildman–Crippen MR) is 80.0 cm³/mol. The van der Waals surface area contributed by atoms with Crippen LogP contribution in [-0.2, 0) is 0 Å². The standard InChI is InChI=1S/C15H20BrNO2/c1-2-19-12-9-7-11(8-10-12)15(18)17-14-6-4-3-5-13(14)16/h7-10,13-14H,2-6H2,1H3,(H,17,18). The van der Waals surface area contributed by atoms with Gasteiger partial charge in [-0.3, -0.25) is 4.79 Å². The highest BCUT2D eigenvalue weighted by Crippen LogP contribution is 2.24. The van der Waals surface area contributed by atoms with Crippen LogP contribution in [0, 0.1) is 0 Å². The number of benzene rings is 1. The van der Waals surface area contributed by atoms with Crippen molar-refractivity contribution >= 4 is 21.8 Å². The number of nitrogens with one attached hydrogen (secondary N) is 1. The summed E-state index contributed by atoms with van der Waals surface area (Å²) in [6, 6.07) is 7.54. The van der Waals surface area contributed by atoms with Crippen LogP contribution >= 0.6 is 15.9 Å². The zero-order valence-electron chi connectivity index (χ0n) is 11.2. The summed E-state index contributed by atoms with van der Waals surface area (Å²) >= 11 is 3.65. The molecule has 1 amide bonds. The van der Waals surface area contributed by atoms with Crippen molar-refractivity contribution < 1.29 is 9.53 Å². The number of carbonyl (C=O) groups excluding carboxylic acids is 1. The first kappa shape index (κ1) is 14.4. The molecule has 1 saturated carbocycles. The number of alkyl halides is 1. The summed E-state index contributed by atoms with van der Waals surface area (Å²) in [6.07, 6.45) is 4.62. The lowest BCUT2D eigenvalue weighted by atomic mass is 9.95. The number of hydrogen-bond acceptors (Lipinski definition) is 2. The normalized spacial score (nSPS) is 22.8. The van der Waals surface area contributed by atoms with Crippen LogP contribution in [0.15, 0.2) is 24.3 Å². The van der Waals surface area contributed by atoms with E-state index in [0.29, 0.717) is 17.0 Å². The zero-order chi connectivity index (χ0) is 13.7. The van der Waals surface area contributed by atoms with E-state index >= 15 is 0 Å². The molecule has 0 radical (unpaired) electrons. The minimum atomic E-state index is -0.000557. The highest BCUT2D eigenvalue weighted by molar-refractivity contribution is 9.09. The van der Waals surface area contributed by atoms with Gasteiger partial charge in [-0.05, 0) is 44.0 Å². The Balaban J connectivity index is 1.95. The van der Waals surface area contributed by atoms with Crippen molar-refractivity contribution in [2.24, 2.45) is 0 Å². The van der Waals surface area contributed by atoms with Gasteiger partial charge in [-0.25, -0.2) is 0 Å². The van der Waals surface area contributed by atoms with E-state index < -0.39 is 0 Å². The summed E-state index contributed by atoms with van der Waals surface area (Å²) in [7, 11) is 0. The third-order valence-electron chi connectivity index (χ3n) is 3.43. The Morgan fingerprint density at radius 3 is 2.63 bits per heavy atom. The van der Waals surface area contributed by atoms with Crippen LogP contribution in [0.25, 0.3) is 0 Å². The Morgan fingerprint density at radius 2 is 2.00 bits per heavy atom. The van der Waals surface area contributed by atoms with Gasteiger partial charge in [-0.1, -0.05) is 28.8 Å². The molecule has 1 aromatic carbocycles. The smallest absolute Gasteiger partial charge is 0.251 e. The van der Waals surface area contributed by atoms with Gasteiger partial charge in [0.15, 0.2) is 0 Å². The molecule has 0 aliphatic heterocycles. The average Bonchev–Trinajstić information content (AvgIpc) is 2.42. The van der Waals surface area contributed by atoms with Gasteiger partial charge in [0.2, 0.25) is 0 Å². The predicted octanol–water partition coefficient (Wildman–Crippen LogP) is 3.52. The topological polar surface area (TPSA) is 38.3 Å². The first-order valence-electron chi connectivity index (χ1n) is 6.88. The molecule has 2 unspecified atom stereocenters. The van der Waals surface area contributed by atoms with Crippen LogP contribution in [0.1, 0.15) is 43.0 Å². The molecule has 104 valence electrons. The molecule has 2 atom stereocenters. The number of amides is 1. The zero-order valence-corrected chi connectivity index (χ0v) is 12.8. The first-order chi connectivity index (χ1) is 9.20. The van der Waals surface area contributed by atoms with E-state index in [0.717, 1.165) is 18.6 Å². The quantitative estimate of drug-likeness (QED) is 0.860. The molecule has 0 heterocycles. The molecular weight excluding hydrogens is 306 g/mol. The highest BCUT2D eigenvalue weighted by Gasteiger charge is 2.24. The summed E-state index contributed by atoms with van der Waals surface area (Å²) in [5.41, 5.74) is 0.689. The summed E-state index contributed by atoms with van der Waals surface area (Å²) in [6.45, 7) is 2.58. The molecule has 0 bridgehead atoms. The van der Waals surface area contributed by atoms with Crippen molar-refractivity contribution in [3.05, 3.63) is 29.8 Å². The lowest BCUT2D eigenvalue weighted by Gasteiger charge is -2.28. The second-order valence-corrected chi connectivity index (χ2v) is 6.01. The molecule has 19 heavy (non-hydrogen) atoms. The van der Waals surface area contributed by atoms with E-state index in [1.165, 1.54) is 12.8 Å². The van der Waals surface area contributed by atoms with Gasteiger partial charge in [0.25, 0.3) is 5.91 Å². The van der Waals surface area contributed by atoms with Crippen LogP contribution in [-0.4, -0.2) is 23.4 Å². The van der Waals surface area contributed by atoms with Crippen LogP contribution in [0.4, 0.5) is 0 Å². The molecule has 0 aromatic heterocycles. The highest BCUT2D eigenvalue weighted by atomic mass is 79.9. The molecule has 0 saturated heterocycles. The minimum absolute atomic E-state index is 0.000557. The van der Waals surface area contributed by atoms with Crippen LogP contribution in [0.5, 0.6) is 5.75 Å². The van der Waals surface area contributed by atoms with E-state index in [-0.39, 0.29) is 11.9 Å². The van der Waals surface area contributed by atoms with Crippen LogP contribution in [0.2, 0.25) is 0 Å². The average molecular weight is 326 g/mol. The first-order valence-corrected chi connectivity index (χ1v) is 7.80. The largest absolute Gasteiger partial charge is 0.494 e. The van der Waals surface area contributed by atoms with Gasteiger partial charge >= 0.3 is 0 Å². The fourth-order valence-electron chi connectivity index (χ4n) is 2.37. The SMILES string of the molecule is CCOc1ccc(C(=O)NC2CCCCC2Br)cc1. The molecule has 1 fully saturated rings. The summed E-state index contributed by atoms with van der Waals surface area (Å²) in [5, 5.41) is 3.11. The molecular formula is C15H20BrNO2. The fourth-order valence-corrected chi connectivity index (χ4v) is 3.09. The fraction of sp³-hybridized carbons (Fsp3) is 0.533. The summed E-state index contributed by atoms with van der Waals surface area (Å²) in [5.74, 6) is 0.800. The van der Waals surface area contributed by atoms with Crippen molar-refractivity contribution in [2.75, 3.05) is 6.61 Å². The third-order valence-corrected chi connectivity index (χ3v) is 4.52. The van der Waals surface area contributed by atoms with Crippen molar-refractivity contribution in [3.63, 3.8) is 0 Å². The molecule has 3 nitrogen and oxygen atoms in total. The minimum Gasteiger partial charge on any atom is -0.494 e. The maximum atomic E-state index is 12.2. The van der Waals surface area contributed by atoms with Crippen molar-refractivity contribution in [1.82, 2.24) is 5.32 Å². The van der Waals surface area contributed by atoms with E-state index in [2.05, 4.69) is 21.2 Å². The molecule has 2 rings (SSSR count). The lowest BCUT2D eigenvalue weighted by Crippen LogP contribution is -2.42. The number of halogens is 1. The second kappa shape index (κ2) is 6.94. The van der Waals surface area contributed by atoms with E-state index in [1.807, 2.05) is 31.2 Å². The number of carbonyl (C=O) groups is 1. The van der Waals surface area contributed by atoms with Crippen molar-refractivity contribution in [2.45, 2.75) is 43.5 Å². The lowest BCUT2D eigenvalue weighted by molar-refractivity contribution is 0.0930.